The van der Waals surface area contributed by atoms with Crippen molar-refractivity contribution >= 4 is 0 Å². The third-order valence-electron chi connectivity index (χ3n) is 6.63. The highest BCUT2D eigenvalue weighted by Crippen LogP contribution is 2.55. The Morgan fingerprint density at radius 1 is 1.00 bits per heavy atom. The highest BCUT2D eigenvalue weighted by molar-refractivity contribution is 4.99. The Morgan fingerprint density at radius 2 is 1.59 bits per heavy atom. The fourth-order valence-electron chi connectivity index (χ4n) is 5.05. The molecule has 3 rings (SSSR count). The third kappa shape index (κ3) is 3.11. The summed E-state index contributed by atoms with van der Waals surface area (Å²) in [6.45, 7) is 6.08. The van der Waals surface area contributed by atoms with E-state index in [-0.39, 0.29) is 12.0 Å². The highest BCUT2D eigenvalue weighted by Gasteiger charge is 2.62. The SMILES string of the molecule is C=CC1CCC([C@H]2[C@H](C3CCC(CC)CC3)OC2(F)F)CC1. The average Bonchev–Trinajstić information content (AvgIpc) is 2.54. The van der Waals surface area contributed by atoms with Crippen molar-refractivity contribution in [1.82, 2.24) is 0 Å². The van der Waals surface area contributed by atoms with Gasteiger partial charge in [-0.1, -0.05) is 32.3 Å². The van der Waals surface area contributed by atoms with E-state index in [0.717, 1.165) is 44.4 Å². The number of halogens is 2. The normalized spacial score (nSPS) is 45.0. The first-order chi connectivity index (χ1) is 10.5. The lowest BCUT2D eigenvalue weighted by Gasteiger charge is -2.53. The van der Waals surface area contributed by atoms with Crippen molar-refractivity contribution in [2.75, 3.05) is 0 Å². The quantitative estimate of drug-likeness (QED) is 0.596. The molecule has 2 aliphatic carbocycles. The van der Waals surface area contributed by atoms with Gasteiger partial charge in [-0.25, -0.2) is 0 Å². The van der Waals surface area contributed by atoms with Crippen LogP contribution in [0.5, 0.6) is 0 Å². The van der Waals surface area contributed by atoms with E-state index in [1.807, 2.05) is 6.08 Å². The van der Waals surface area contributed by atoms with Gasteiger partial charge in [0.15, 0.2) is 0 Å². The van der Waals surface area contributed by atoms with Crippen LogP contribution >= 0.6 is 0 Å². The van der Waals surface area contributed by atoms with Gasteiger partial charge in [0.25, 0.3) is 0 Å². The first kappa shape index (κ1) is 16.4. The molecule has 1 aliphatic heterocycles. The van der Waals surface area contributed by atoms with E-state index < -0.39 is 12.0 Å². The van der Waals surface area contributed by atoms with Gasteiger partial charge in [0.2, 0.25) is 0 Å². The van der Waals surface area contributed by atoms with Crippen LogP contribution in [0.25, 0.3) is 0 Å². The molecule has 2 atom stereocenters. The van der Waals surface area contributed by atoms with Crippen molar-refractivity contribution < 1.29 is 13.5 Å². The fourth-order valence-corrected chi connectivity index (χ4v) is 5.05. The van der Waals surface area contributed by atoms with Crippen LogP contribution in [-0.4, -0.2) is 12.2 Å². The summed E-state index contributed by atoms with van der Waals surface area (Å²) in [4.78, 5) is 0. The molecule has 2 saturated carbocycles. The average molecular weight is 312 g/mol. The predicted octanol–water partition coefficient (Wildman–Crippen LogP) is 5.80. The molecule has 1 nitrogen and oxygen atoms in total. The van der Waals surface area contributed by atoms with Crippen LogP contribution in [0.15, 0.2) is 12.7 Å². The Morgan fingerprint density at radius 3 is 2.09 bits per heavy atom. The van der Waals surface area contributed by atoms with Gasteiger partial charge in [-0.15, -0.1) is 6.58 Å². The van der Waals surface area contributed by atoms with Crippen LogP contribution in [0.2, 0.25) is 0 Å². The Balaban J connectivity index is 1.60. The molecule has 1 saturated heterocycles. The standard InChI is InChI=1S/C19H30F2O/c1-3-13-5-9-15(10-6-13)17-18(22-19(17,20)21)16-11-7-14(4-2)8-12-16/h3,13-18H,1,4-12H2,2H3/t13?,14?,15?,16?,17-,18-/m0/s1. The lowest BCUT2D eigenvalue weighted by atomic mass is 9.66. The molecule has 0 aromatic carbocycles. The Bertz CT molecular complexity index is 379. The number of hydrogen-bond acceptors (Lipinski definition) is 1. The largest absolute Gasteiger partial charge is 0.361 e. The van der Waals surface area contributed by atoms with E-state index in [2.05, 4.69) is 13.5 Å². The van der Waals surface area contributed by atoms with Crippen LogP contribution in [0.1, 0.15) is 64.7 Å². The van der Waals surface area contributed by atoms with Gasteiger partial charge in [-0.05, 0) is 62.2 Å². The van der Waals surface area contributed by atoms with E-state index in [1.165, 1.54) is 19.3 Å². The minimum atomic E-state index is -2.88. The maximum absolute atomic E-state index is 14.1. The van der Waals surface area contributed by atoms with Crippen molar-refractivity contribution in [3.63, 3.8) is 0 Å². The van der Waals surface area contributed by atoms with Gasteiger partial charge in [0, 0.05) is 0 Å². The molecule has 0 unspecified atom stereocenters. The second-order valence-electron chi connectivity index (χ2n) is 7.77. The van der Waals surface area contributed by atoms with Crippen molar-refractivity contribution in [2.24, 2.45) is 29.6 Å². The second-order valence-corrected chi connectivity index (χ2v) is 7.77. The van der Waals surface area contributed by atoms with Crippen molar-refractivity contribution in [3.05, 3.63) is 12.7 Å². The van der Waals surface area contributed by atoms with E-state index in [9.17, 15) is 8.78 Å². The van der Waals surface area contributed by atoms with Crippen molar-refractivity contribution in [1.29, 1.82) is 0 Å². The molecule has 0 aromatic rings. The summed E-state index contributed by atoms with van der Waals surface area (Å²) in [7, 11) is 0. The van der Waals surface area contributed by atoms with Gasteiger partial charge >= 0.3 is 6.11 Å². The van der Waals surface area contributed by atoms with E-state index in [4.69, 9.17) is 4.74 Å². The lowest BCUT2D eigenvalue weighted by molar-refractivity contribution is -0.418. The van der Waals surface area contributed by atoms with Gasteiger partial charge in [0.1, 0.15) is 0 Å². The first-order valence-corrected chi connectivity index (χ1v) is 9.23. The minimum absolute atomic E-state index is 0.147. The smallest absolute Gasteiger partial charge is 0.316 e. The second kappa shape index (κ2) is 6.59. The number of rotatable bonds is 4. The summed E-state index contributed by atoms with van der Waals surface area (Å²) in [5, 5.41) is 0. The number of hydrogen-bond donors (Lipinski definition) is 0. The van der Waals surface area contributed by atoms with Gasteiger partial charge < -0.3 is 4.74 Å². The molecule has 3 heteroatoms. The number of ether oxygens (including phenoxy) is 1. The summed E-state index contributed by atoms with van der Waals surface area (Å²) in [5.74, 6) is 1.32. The zero-order valence-corrected chi connectivity index (χ0v) is 13.8. The summed E-state index contributed by atoms with van der Waals surface area (Å²) in [6.07, 6.45) is 8.60. The summed E-state index contributed by atoms with van der Waals surface area (Å²) < 4.78 is 33.2. The van der Waals surface area contributed by atoms with Crippen LogP contribution < -0.4 is 0 Å². The number of alkyl halides is 2. The Kier molecular flexibility index (Phi) is 4.92. The molecule has 3 fully saturated rings. The zero-order valence-electron chi connectivity index (χ0n) is 13.8. The molecule has 22 heavy (non-hydrogen) atoms. The molecule has 1 heterocycles. The topological polar surface area (TPSA) is 9.23 Å². The Labute approximate surface area is 133 Å². The van der Waals surface area contributed by atoms with Crippen molar-refractivity contribution in [2.45, 2.75) is 76.9 Å². The summed E-state index contributed by atoms with van der Waals surface area (Å²) >= 11 is 0. The van der Waals surface area contributed by atoms with E-state index >= 15 is 0 Å². The van der Waals surface area contributed by atoms with Crippen LogP contribution in [-0.2, 0) is 4.74 Å². The molecular weight excluding hydrogens is 282 g/mol. The van der Waals surface area contributed by atoms with Gasteiger partial charge in [0.05, 0.1) is 12.0 Å². The number of allylic oxidation sites excluding steroid dienone is 1. The van der Waals surface area contributed by atoms with Crippen LogP contribution in [0, 0.1) is 29.6 Å². The summed E-state index contributed by atoms with van der Waals surface area (Å²) in [5.41, 5.74) is 0. The molecular formula is C19H30F2O. The minimum Gasteiger partial charge on any atom is -0.316 e. The van der Waals surface area contributed by atoms with Gasteiger partial charge in [-0.3, -0.25) is 0 Å². The molecule has 0 bridgehead atoms. The molecule has 0 aromatic heterocycles. The molecule has 3 aliphatic rings. The van der Waals surface area contributed by atoms with Crippen LogP contribution in [0.3, 0.4) is 0 Å². The first-order valence-electron chi connectivity index (χ1n) is 9.23. The third-order valence-corrected chi connectivity index (χ3v) is 6.63. The maximum Gasteiger partial charge on any atom is 0.361 e. The summed E-state index contributed by atoms with van der Waals surface area (Å²) in [6, 6.07) is 0. The highest BCUT2D eigenvalue weighted by atomic mass is 19.3. The van der Waals surface area contributed by atoms with E-state index in [0.29, 0.717) is 11.8 Å². The Hall–Kier alpha value is -0.440. The lowest BCUT2D eigenvalue weighted by Crippen LogP contribution is -2.61. The van der Waals surface area contributed by atoms with Gasteiger partial charge in [-0.2, -0.15) is 8.78 Å². The zero-order chi connectivity index (χ0) is 15.7. The van der Waals surface area contributed by atoms with E-state index in [1.54, 1.807) is 0 Å². The predicted molar refractivity (Wildman–Crippen MR) is 84.7 cm³/mol. The van der Waals surface area contributed by atoms with Crippen molar-refractivity contribution in [3.8, 4) is 0 Å². The maximum atomic E-state index is 14.1. The molecule has 0 radical (unpaired) electrons. The monoisotopic (exact) mass is 312 g/mol. The van der Waals surface area contributed by atoms with Crippen LogP contribution in [0.4, 0.5) is 8.78 Å². The fraction of sp³-hybridized carbons (Fsp3) is 0.895. The molecule has 0 N–H and O–H groups in total. The molecule has 0 amide bonds. The molecule has 126 valence electrons. The molecule has 0 spiro atoms.